The maximum atomic E-state index is 16.1. The summed E-state index contributed by atoms with van der Waals surface area (Å²) in [6, 6.07) is 10.3. The van der Waals surface area contributed by atoms with Crippen LogP contribution in [0.25, 0.3) is 22.3 Å². The molecule has 8 nitrogen and oxygen atoms in total. The molecule has 0 fully saturated rings. The van der Waals surface area contributed by atoms with Crippen LogP contribution in [0.15, 0.2) is 72.8 Å². The van der Waals surface area contributed by atoms with Gasteiger partial charge in [0.1, 0.15) is 11.5 Å². The van der Waals surface area contributed by atoms with Crippen molar-refractivity contribution >= 4 is 23.2 Å². The molecule has 2 amide bonds. The number of hydrogen-bond acceptors (Lipinski definition) is 6. The minimum atomic E-state index is -6.09. The maximum Gasteiger partial charge on any atom is 0.419 e. The fraction of sp³-hybridized carbons (Fsp3) is 0.123. The molecule has 20 heteroatoms. The highest BCUT2D eigenvalue weighted by Crippen LogP contribution is 2.59. The molecule has 0 bridgehead atoms. The number of carbonyl (C=O) groups is 2. The first-order valence-corrected chi connectivity index (χ1v) is 21.3. The Bertz CT molecular complexity index is 3540. The molecule has 0 heterocycles. The van der Waals surface area contributed by atoms with Crippen molar-refractivity contribution in [2.75, 3.05) is 10.6 Å². The molecule has 0 spiro atoms. The lowest BCUT2D eigenvalue weighted by atomic mass is 9.70. The lowest BCUT2D eigenvalue weighted by molar-refractivity contribution is -0.140. The van der Waals surface area contributed by atoms with Crippen LogP contribution >= 0.6 is 0 Å². The Hall–Kier alpha value is -10.0. The summed E-state index contributed by atoms with van der Waals surface area (Å²) in [5.41, 5.74) is -32.6. The average Bonchev–Trinajstić information content (AvgIpc) is 3.36. The van der Waals surface area contributed by atoms with E-state index in [0.717, 1.165) is 24.3 Å². The summed E-state index contributed by atoms with van der Waals surface area (Å²) in [4.78, 5) is 27.0. The van der Waals surface area contributed by atoms with Crippen molar-refractivity contribution < 1.29 is 82.7 Å². The zero-order valence-electron chi connectivity index (χ0n) is 39.0. The van der Waals surface area contributed by atoms with E-state index in [4.69, 9.17) is 38.5 Å². The van der Waals surface area contributed by atoms with Gasteiger partial charge in [-0.2, -0.15) is 52.7 Å². The highest BCUT2D eigenvalue weighted by Gasteiger charge is 2.51. The Kier molecular flexibility index (Phi) is 14.6. The fourth-order valence-corrected chi connectivity index (χ4v) is 8.69. The molecule has 0 unspecified atom stereocenters. The molecule has 77 heavy (non-hydrogen) atoms. The van der Waals surface area contributed by atoms with Crippen LogP contribution in [0.4, 0.5) is 64.1 Å². The zero-order valence-corrected chi connectivity index (χ0v) is 39.0. The summed E-state index contributed by atoms with van der Waals surface area (Å²) in [5, 5.41) is 48.8. The fourth-order valence-electron chi connectivity index (χ4n) is 8.69. The van der Waals surface area contributed by atoms with Crippen molar-refractivity contribution in [2.45, 2.75) is 44.0 Å². The lowest BCUT2D eigenvalue weighted by Gasteiger charge is -2.35. The van der Waals surface area contributed by atoms with Crippen LogP contribution in [0.3, 0.4) is 0 Å². The molecule has 0 aliphatic carbocycles. The summed E-state index contributed by atoms with van der Waals surface area (Å²) in [6.07, 6.45) is 8.78. The minimum Gasteiger partial charge on any atom is -0.507 e. The van der Waals surface area contributed by atoms with Gasteiger partial charge in [0.15, 0.2) is 11.5 Å². The second-order valence-electron chi connectivity index (χ2n) is 16.8. The van der Waals surface area contributed by atoms with E-state index < -0.39 is 165 Å². The number of anilines is 2. The van der Waals surface area contributed by atoms with Gasteiger partial charge in [-0.25, -0.2) is 0 Å². The lowest BCUT2D eigenvalue weighted by Crippen LogP contribution is -2.29. The first kappa shape index (κ1) is 56.3. The van der Waals surface area contributed by atoms with Crippen molar-refractivity contribution in [1.29, 1.82) is 0 Å². The molecular weight excluding hydrogens is 1040 g/mol. The molecule has 6 rings (SSSR count). The van der Waals surface area contributed by atoms with Gasteiger partial charge in [0.25, 0.3) is 11.8 Å². The predicted molar refractivity (Wildman–Crippen MR) is 259 cm³/mol. The van der Waals surface area contributed by atoms with Gasteiger partial charge in [-0.1, -0.05) is 73.6 Å². The molecule has 388 valence electrons. The molecule has 0 radical (unpaired) electrons. The van der Waals surface area contributed by atoms with Crippen LogP contribution in [0.5, 0.6) is 23.0 Å². The van der Waals surface area contributed by atoms with Crippen LogP contribution in [-0.2, 0) is 30.1 Å². The number of nitrogens with one attached hydrogen (secondary N) is 2. The van der Waals surface area contributed by atoms with Crippen LogP contribution in [0.1, 0.15) is 101 Å². The summed E-state index contributed by atoms with van der Waals surface area (Å²) < 4.78 is 191. The van der Waals surface area contributed by atoms with E-state index in [2.05, 4.69) is 11.8 Å². The van der Waals surface area contributed by atoms with Crippen molar-refractivity contribution in [3.63, 3.8) is 0 Å². The number of phenols is 4. The summed E-state index contributed by atoms with van der Waals surface area (Å²) in [5.74, 6) is 1.48. The third kappa shape index (κ3) is 10.0. The Morgan fingerprint density at radius 1 is 0.429 bits per heavy atom. The molecule has 0 aliphatic heterocycles. The summed E-state index contributed by atoms with van der Waals surface area (Å²) in [7, 11) is 0. The SMILES string of the molecule is C#Cc1cccc(C(=O)Nc2c(O)c(C#C)c(C#C)c(-c3c(O)ccc(C(C)(C)c4ccc(O)c(-c5c(C#C)c(C#C)c(O)c(NC(=O)c6cccc(C#C)c6)c5C(F)(F)F)c4C(F)(F)F)c3C(F)(F)F)c2C(F)(F)F)c1. The van der Waals surface area contributed by atoms with Gasteiger partial charge in [0.2, 0.25) is 0 Å². The van der Waals surface area contributed by atoms with Crippen LogP contribution in [0.2, 0.25) is 0 Å². The molecular formula is C57H30F12N2O6. The molecule has 6 aromatic rings. The smallest absolute Gasteiger partial charge is 0.419 e. The molecule has 0 aromatic heterocycles. The number of alkyl halides is 12. The monoisotopic (exact) mass is 1070 g/mol. The number of rotatable bonds is 8. The zero-order chi connectivity index (χ0) is 57.7. The van der Waals surface area contributed by atoms with Gasteiger partial charge < -0.3 is 31.1 Å². The van der Waals surface area contributed by atoms with Crippen molar-refractivity contribution in [3.8, 4) is 119 Å². The van der Waals surface area contributed by atoms with Gasteiger partial charge in [-0.05, 0) is 59.7 Å². The van der Waals surface area contributed by atoms with Crippen LogP contribution in [0, 0.1) is 74.1 Å². The first-order valence-electron chi connectivity index (χ1n) is 21.3. The molecule has 6 N–H and O–H groups in total. The quantitative estimate of drug-likeness (QED) is 0.0510. The standard InChI is InChI=1S/C57H30F12N2O6/c1-9-27-17-15-19-29(25-27)51(76)70-47-45(56(64,65)66)39(31(11-3)33(13-5)49(47)74)41-37(72)23-21-35(43(41)54(58,59)60)53(7,8)36-22-24-38(73)42(44(36)55(61,62)63)40-32(12-4)34(14-6)50(75)48(46(40)57(67,68)69)71-52(77)30-20-16-18-28(10-2)26-30/h1-6,15-26,72-75H,7-8H3,(H,70,76)(H,71,77). The number of aromatic hydroxyl groups is 4. The van der Waals surface area contributed by atoms with Gasteiger partial charge in [0.05, 0.1) is 55.9 Å². The third-order valence-corrected chi connectivity index (χ3v) is 11.9. The number of terminal acetylenes is 6. The van der Waals surface area contributed by atoms with E-state index in [-0.39, 0.29) is 11.1 Å². The predicted octanol–water partition coefficient (Wildman–Crippen LogP) is 12.6. The van der Waals surface area contributed by atoms with E-state index in [1.54, 1.807) is 34.3 Å². The number of carbonyl (C=O) groups excluding carboxylic acids is 2. The largest absolute Gasteiger partial charge is 0.507 e. The molecule has 0 aliphatic rings. The number of halogens is 12. The van der Waals surface area contributed by atoms with E-state index in [1.807, 2.05) is 0 Å². The van der Waals surface area contributed by atoms with Crippen LogP contribution in [-0.4, -0.2) is 32.2 Å². The van der Waals surface area contributed by atoms with Gasteiger partial charge in [0, 0.05) is 49.9 Å². The highest BCUT2D eigenvalue weighted by atomic mass is 19.4. The highest BCUT2D eigenvalue weighted by molar-refractivity contribution is 6.09. The molecule has 6 aromatic carbocycles. The number of benzene rings is 6. The van der Waals surface area contributed by atoms with E-state index in [1.165, 1.54) is 24.3 Å². The van der Waals surface area contributed by atoms with E-state index in [0.29, 0.717) is 38.1 Å². The van der Waals surface area contributed by atoms with Gasteiger partial charge >= 0.3 is 24.7 Å². The van der Waals surface area contributed by atoms with Crippen molar-refractivity contribution in [1.82, 2.24) is 0 Å². The topological polar surface area (TPSA) is 139 Å². The summed E-state index contributed by atoms with van der Waals surface area (Å²) >= 11 is 0. The van der Waals surface area contributed by atoms with Crippen molar-refractivity contribution in [3.05, 3.63) is 151 Å². The average molecular weight is 1070 g/mol. The van der Waals surface area contributed by atoms with E-state index >= 15 is 52.7 Å². The van der Waals surface area contributed by atoms with Gasteiger partial charge in [-0.15, -0.1) is 38.5 Å². The van der Waals surface area contributed by atoms with Crippen LogP contribution < -0.4 is 10.6 Å². The third-order valence-electron chi connectivity index (χ3n) is 11.9. The molecule has 0 saturated carbocycles. The van der Waals surface area contributed by atoms with Crippen molar-refractivity contribution in [2.24, 2.45) is 0 Å². The first-order chi connectivity index (χ1) is 35.8. The minimum absolute atomic E-state index is 0.00836. The number of hydrogen-bond donors (Lipinski definition) is 6. The van der Waals surface area contributed by atoms with Gasteiger partial charge in [-0.3, -0.25) is 9.59 Å². The Balaban J connectivity index is 1.80. The number of phenolic OH excluding ortho intramolecular Hbond substituents is 4. The van der Waals surface area contributed by atoms with E-state index in [9.17, 15) is 30.0 Å². The Morgan fingerprint density at radius 3 is 1.01 bits per heavy atom. The number of amides is 2. The molecule has 0 atom stereocenters. The summed E-state index contributed by atoms with van der Waals surface area (Å²) in [6.45, 7) is 1.20. The Morgan fingerprint density at radius 2 is 0.740 bits per heavy atom. The maximum absolute atomic E-state index is 16.1. The second kappa shape index (κ2) is 20.0. The second-order valence-corrected chi connectivity index (χ2v) is 16.8. The molecule has 0 saturated heterocycles. The normalized spacial score (nSPS) is 11.7. The Labute approximate surface area is 429 Å².